The Balaban J connectivity index is 0.000000403. The van der Waals surface area contributed by atoms with E-state index >= 15 is 0 Å². The normalized spacial score (nSPS) is 9.04. The molecule has 6 N–H and O–H groups in total. The summed E-state index contributed by atoms with van der Waals surface area (Å²) in [4.78, 5) is 20.5. The molecule has 2 aromatic carbocycles. The molecule has 0 aliphatic heterocycles. The summed E-state index contributed by atoms with van der Waals surface area (Å²) in [6, 6.07) is 7.39. The minimum absolute atomic E-state index is 0. The average molecular weight is 344 g/mol. The van der Waals surface area contributed by atoms with Crippen molar-refractivity contribution in [2.24, 2.45) is 0 Å². The SMILES string of the molecule is Nc1ccc(C(=O)O)c(O)c1.Nc1ccc(C(=O)[O-])c([O-])c1.[Ca+2]. The summed E-state index contributed by atoms with van der Waals surface area (Å²) in [6.45, 7) is 0. The molecule has 0 radical (unpaired) electrons. The zero-order valence-electron chi connectivity index (χ0n) is 11.9. The zero-order valence-corrected chi connectivity index (χ0v) is 14.1. The van der Waals surface area contributed by atoms with Gasteiger partial charge in [-0.05, 0) is 29.8 Å². The number of rotatable bonds is 2. The van der Waals surface area contributed by atoms with E-state index in [1.165, 1.54) is 24.3 Å². The molecule has 0 atom stereocenters. The summed E-state index contributed by atoms with van der Waals surface area (Å²) in [5, 5.41) is 38.4. The molecule has 2 aromatic rings. The van der Waals surface area contributed by atoms with Gasteiger partial charge in [0.05, 0.1) is 5.97 Å². The van der Waals surface area contributed by atoms with Gasteiger partial charge in [0.15, 0.2) is 0 Å². The summed E-state index contributed by atoms with van der Waals surface area (Å²) in [7, 11) is 0. The van der Waals surface area contributed by atoms with Gasteiger partial charge in [-0.25, -0.2) is 4.79 Å². The maximum atomic E-state index is 10.8. The van der Waals surface area contributed by atoms with Crippen LogP contribution in [-0.2, 0) is 0 Å². The number of hydrogen-bond donors (Lipinski definition) is 4. The molecular weight excluding hydrogens is 332 g/mol. The summed E-state index contributed by atoms with van der Waals surface area (Å²) in [5.41, 5.74) is 10.6. The molecule has 0 fully saturated rings. The molecule has 0 aromatic heterocycles. The Hall–Kier alpha value is -2.16. The molecule has 0 saturated heterocycles. The Bertz CT molecular complexity index is 659. The number of anilines is 2. The number of nitrogen functional groups attached to an aromatic ring is 2. The van der Waals surface area contributed by atoms with E-state index in [9.17, 15) is 19.8 Å². The van der Waals surface area contributed by atoms with E-state index < -0.39 is 17.7 Å². The summed E-state index contributed by atoms with van der Waals surface area (Å²) in [5.74, 6) is -3.57. The standard InChI is InChI=1S/2C7H7NO3.Ca/c2*8-4-1-2-5(7(10)11)6(9)3-4;/h2*1-3,9H,8H2,(H,10,11);/q;;+2/p-2. The fraction of sp³-hybridized carbons (Fsp3) is 0. The van der Waals surface area contributed by atoms with E-state index in [0.29, 0.717) is 5.69 Å². The first-order valence-corrected chi connectivity index (χ1v) is 5.82. The first-order valence-electron chi connectivity index (χ1n) is 5.82. The van der Waals surface area contributed by atoms with E-state index in [1.807, 2.05) is 0 Å². The van der Waals surface area contributed by atoms with Crippen molar-refractivity contribution < 1.29 is 30.0 Å². The minimum atomic E-state index is -1.48. The van der Waals surface area contributed by atoms with Crippen LogP contribution in [-0.4, -0.2) is 59.9 Å². The number of aromatic hydroxyl groups is 1. The average Bonchev–Trinajstić information content (AvgIpc) is 2.38. The first kappa shape index (κ1) is 20.8. The van der Waals surface area contributed by atoms with Crippen LogP contribution < -0.4 is 21.7 Å². The van der Waals surface area contributed by atoms with Crippen molar-refractivity contribution in [2.45, 2.75) is 0 Å². The van der Waals surface area contributed by atoms with Gasteiger partial charge in [0.2, 0.25) is 0 Å². The van der Waals surface area contributed by atoms with Gasteiger partial charge in [0.25, 0.3) is 0 Å². The van der Waals surface area contributed by atoms with Gasteiger partial charge in [-0.2, -0.15) is 0 Å². The Morgan fingerprint density at radius 3 is 1.83 bits per heavy atom. The number of hydrogen-bond acceptors (Lipinski definition) is 7. The second-order valence-electron chi connectivity index (χ2n) is 4.12. The molecule has 0 unspecified atom stereocenters. The van der Waals surface area contributed by atoms with Crippen LogP contribution in [0.1, 0.15) is 20.7 Å². The molecule has 0 spiro atoms. The van der Waals surface area contributed by atoms with Crippen molar-refractivity contribution in [3.8, 4) is 11.5 Å². The van der Waals surface area contributed by atoms with Crippen LogP contribution in [0.5, 0.6) is 11.5 Å². The topological polar surface area (TPSA) is 173 Å². The number of carbonyl (C=O) groups excluding carboxylic acids is 1. The van der Waals surface area contributed by atoms with Crippen molar-refractivity contribution >= 4 is 61.1 Å². The molecule has 9 heteroatoms. The van der Waals surface area contributed by atoms with Gasteiger partial charge < -0.3 is 36.7 Å². The molecule has 0 saturated carbocycles. The Morgan fingerprint density at radius 1 is 0.957 bits per heavy atom. The number of benzene rings is 2. The number of carboxylic acids is 2. The van der Waals surface area contributed by atoms with Crippen molar-refractivity contribution in [1.29, 1.82) is 0 Å². The third kappa shape index (κ3) is 6.23. The maximum absolute atomic E-state index is 10.8. The van der Waals surface area contributed by atoms with Crippen molar-refractivity contribution in [3.63, 3.8) is 0 Å². The van der Waals surface area contributed by atoms with E-state index in [4.69, 9.17) is 21.7 Å². The molecule has 0 heterocycles. The van der Waals surface area contributed by atoms with Crippen LogP contribution in [0.3, 0.4) is 0 Å². The van der Waals surface area contributed by atoms with Crippen LogP contribution in [0.2, 0.25) is 0 Å². The van der Waals surface area contributed by atoms with Gasteiger partial charge in [0.1, 0.15) is 11.3 Å². The third-order valence-electron chi connectivity index (χ3n) is 2.48. The van der Waals surface area contributed by atoms with E-state index in [0.717, 1.165) is 12.1 Å². The van der Waals surface area contributed by atoms with E-state index in [2.05, 4.69) is 0 Å². The van der Waals surface area contributed by atoms with Gasteiger partial charge in [-0.1, -0.05) is 11.8 Å². The molecule has 116 valence electrons. The maximum Gasteiger partial charge on any atom is 2.00 e. The molecule has 0 bridgehead atoms. The monoisotopic (exact) mass is 344 g/mol. The number of carboxylic acid groups (broad SMARTS) is 2. The minimum Gasteiger partial charge on any atom is -0.872 e. The van der Waals surface area contributed by atoms with Crippen molar-refractivity contribution in [3.05, 3.63) is 47.5 Å². The molecule has 0 amide bonds. The second kappa shape index (κ2) is 9.09. The molecular formula is C14H12CaN2O6. The summed E-state index contributed by atoms with van der Waals surface area (Å²) in [6.07, 6.45) is 0. The van der Waals surface area contributed by atoms with Crippen molar-refractivity contribution in [1.82, 2.24) is 0 Å². The first-order chi connectivity index (χ1) is 10.2. The van der Waals surface area contributed by atoms with Gasteiger partial charge in [-0.15, -0.1) is 0 Å². The van der Waals surface area contributed by atoms with E-state index in [1.54, 1.807) is 0 Å². The van der Waals surface area contributed by atoms with E-state index in [-0.39, 0.29) is 60.3 Å². The third-order valence-corrected chi connectivity index (χ3v) is 2.48. The smallest absolute Gasteiger partial charge is 0.872 e. The Kier molecular flexibility index (Phi) is 8.23. The van der Waals surface area contributed by atoms with Crippen LogP contribution in [0.15, 0.2) is 36.4 Å². The number of phenols is 1. The largest absolute Gasteiger partial charge is 2.00 e. The van der Waals surface area contributed by atoms with Gasteiger partial charge in [-0.3, -0.25) is 0 Å². The second-order valence-corrected chi connectivity index (χ2v) is 4.12. The molecule has 8 nitrogen and oxygen atoms in total. The summed E-state index contributed by atoms with van der Waals surface area (Å²) < 4.78 is 0. The number of carbonyl (C=O) groups is 2. The van der Waals surface area contributed by atoms with Gasteiger partial charge >= 0.3 is 43.7 Å². The number of aromatic carboxylic acids is 2. The van der Waals surface area contributed by atoms with Crippen LogP contribution in [0.25, 0.3) is 0 Å². The predicted octanol–water partition coefficient (Wildman–Crippen LogP) is -1.00. The Labute approximate surface area is 161 Å². The quantitative estimate of drug-likeness (QED) is 0.396. The molecule has 2 rings (SSSR count). The molecule has 0 aliphatic carbocycles. The Morgan fingerprint density at radius 2 is 1.43 bits per heavy atom. The van der Waals surface area contributed by atoms with Crippen LogP contribution in [0.4, 0.5) is 11.4 Å². The number of nitrogens with two attached hydrogens (primary N) is 2. The molecule has 23 heavy (non-hydrogen) atoms. The zero-order chi connectivity index (χ0) is 16.9. The summed E-state index contributed by atoms with van der Waals surface area (Å²) >= 11 is 0. The van der Waals surface area contributed by atoms with Crippen LogP contribution in [0, 0.1) is 0 Å². The fourth-order valence-corrected chi connectivity index (χ4v) is 1.44. The van der Waals surface area contributed by atoms with Crippen LogP contribution >= 0.6 is 0 Å². The predicted molar refractivity (Wildman–Crippen MR) is 79.9 cm³/mol. The fourth-order valence-electron chi connectivity index (χ4n) is 1.44. The molecule has 0 aliphatic rings. The van der Waals surface area contributed by atoms with Gasteiger partial charge in [0, 0.05) is 17.4 Å². The van der Waals surface area contributed by atoms with Crippen molar-refractivity contribution in [2.75, 3.05) is 11.5 Å².